The van der Waals surface area contributed by atoms with E-state index in [9.17, 15) is 9.59 Å². The number of rotatable bonds is 6. The lowest BCUT2D eigenvalue weighted by atomic mass is 9.74. The van der Waals surface area contributed by atoms with Gasteiger partial charge in [0.05, 0.1) is 0 Å². The van der Waals surface area contributed by atoms with Crippen LogP contribution in [0, 0.1) is 5.41 Å². The number of carbonyl (C=O) groups is 2. The molecular formula is C24H36O4. The zero-order chi connectivity index (χ0) is 19.7. The van der Waals surface area contributed by atoms with E-state index in [0.29, 0.717) is 12.8 Å². The molecule has 3 aliphatic carbocycles. The minimum absolute atomic E-state index is 0.285. The predicted octanol–water partition coefficient (Wildman–Crippen LogP) is 5.80. The number of esters is 2. The summed E-state index contributed by atoms with van der Waals surface area (Å²) < 4.78 is 11.1. The van der Waals surface area contributed by atoms with Gasteiger partial charge in [0, 0.05) is 0 Å². The van der Waals surface area contributed by atoms with Crippen molar-refractivity contribution < 1.29 is 19.1 Å². The Morgan fingerprint density at radius 2 is 1.04 bits per heavy atom. The van der Waals surface area contributed by atoms with Crippen molar-refractivity contribution in [2.45, 2.75) is 96.3 Å². The lowest BCUT2D eigenvalue weighted by Gasteiger charge is -2.32. The summed E-state index contributed by atoms with van der Waals surface area (Å²) in [6.45, 7) is 0.570. The molecule has 0 radical (unpaired) electrons. The Hall–Kier alpha value is -1.58. The summed E-state index contributed by atoms with van der Waals surface area (Å²) in [5, 5.41) is 0. The second kappa shape index (κ2) is 10.8. The van der Waals surface area contributed by atoms with E-state index in [2.05, 4.69) is 0 Å². The first-order valence-corrected chi connectivity index (χ1v) is 11.4. The zero-order valence-corrected chi connectivity index (χ0v) is 17.3. The van der Waals surface area contributed by atoms with Gasteiger partial charge in [0.1, 0.15) is 13.2 Å². The Labute approximate surface area is 169 Å². The monoisotopic (exact) mass is 388 g/mol. The molecule has 0 aromatic heterocycles. The van der Waals surface area contributed by atoms with Gasteiger partial charge in [-0.05, 0) is 76.4 Å². The standard InChI is InChI=1S/C24H36O4/c25-22(27-18-14-20-10-4-1-5-11-20)24(16-8-3-9-17-24)23(26)28-19-15-21-12-6-2-7-13-21/h14-15H,1-13,16-19H2. The molecule has 156 valence electrons. The molecule has 3 aliphatic rings. The molecule has 0 aromatic rings. The maximum Gasteiger partial charge on any atom is 0.323 e. The van der Waals surface area contributed by atoms with E-state index in [0.717, 1.165) is 44.9 Å². The summed E-state index contributed by atoms with van der Waals surface area (Å²) in [4.78, 5) is 25.8. The van der Waals surface area contributed by atoms with E-state index < -0.39 is 5.41 Å². The predicted molar refractivity (Wildman–Crippen MR) is 110 cm³/mol. The van der Waals surface area contributed by atoms with Gasteiger partial charge < -0.3 is 9.47 Å². The molecule has 4 heteroatoms. The van der Waals surface area contributed by atoms with Crippen molar-refractivity contribution in [2.24, 2.45) is 5.41 Å². The van der Waals surface area contributed by atoms with Crippen LogP contribution in [0.5, 0.6) is 0 Å². The Morgan fingerprint density at radius 1 is 0.643 bits per heavy atom. The fourth-order valence-corrected chi connectivity index (χ4v) is 4.81. The van der Waals surface area contributed by atoms with E-state index in [1.165, 1.54) is 49.7 Å². The molecular weight excluding hydrogens is 352 g/mol. The van der Waals surface area contributed by atoms with E-state index in [-0.39, 0.29) is 25.2 Å². The number of hydrogen-bond donors (Lipinski definition) is 0. The first kappa shape index (κ1) is 21.1. The fraction of sp³-hybridized carbons (Fsp3) is 0.750. The van der Waals surface area contributed by atoms with Crippen LogP contribution in [-0.4, -0.2) is 25.2 Å². The van der Waals surface area contributed by atoms with Gasteiger partial charge in [0.2, 0.25) is 0 Å². The SMILES string of the molecule is O=C(OCC=C1CCCCC1)C1(C(=O)OCC=C2CCCCC2)CCCCC1. The van der Waals surface area contributed by atoms with Crippen LogP contribution in [0.2, 0.25) is 0 Å². The highest BCUT2D eigenvalue weighted by molar-refractivity contribution is 6.00. The van der Waals surface area contributed by atoms with Crippen LogP contribution >= 0.6 is 0 Å². The van der Waals surface area contributed by atoms with Crippen molar-refractivity contribution in [3.05, 3.63) is 23.3 Å². The third-order valence-corrected chi connectivity index (χ3v) is 6.65. The summed E-state index contributed by atoms with van der Waals surface area (Å²) in [5.74, 6) is -0.759. The van der Waals surface area contributed by atoms with Crippen LogP contribution in [0.1, 0.15) is 96.3 Å². The molecule has 4 nitrogen and oxygen atoms in total. The average Bonchev–Trinajstić information content (AvgIpc) is 2.75. The lowest BCUT2D eigenvalue weighted by Crippen LogP contribution is -2.43. The molecule has 0 atom stereocenters. The molecule has 0 aliphatic heterocycles. The fourth-order valence-electron chi connectivity index (χ4n) is 4.81. The van der Waals surface area contributed by atoms with Crippen molar-refractivity contribution in [3.63, 3.8) is 0 Å². The summed E-state index contributed by atoms with van der Waals surface area (Å²) >= 11 is 0. The van der Waals surface area contributed by atoms with Gasteiger partial charge in [-0.15, -0.1) is 0 Å². The first-order chi connectivity index (χ1) is 13.7. The minimum Gasteiger partial charge on any atom is -0.461 e. The van der Waals surface area contributed by atoms with E-state index in [1.807, 2.05) is 12.2 Å². The number of allylic oxidation sites excluding steroid dienone is 2. The van der Waals surface area contributed by atoms with Crippen molar-refractivity contribution >= 4 is 11.9 Å². The van der Waals surface area contributed by atoms with Crippen LogP contribution in [0.3, 0.4) is 0 Å². The summed E-state index contributed by atoms with van der Waals surface area (Å²) in [6, 6.07) is 0. The van der Waals surface area contributed by atoms with Gasteiger partial charge in [0.25, 0.3) is 0 Å². The van der Waals surface area contributed by atoms with E-state index >= 15 is 0 Å². The normalized spacial score (nSPS) is 22.3. The molecule has 0 N–H and O–H groups in total. The van der Waals surface area contributed by atoms with Crippen molar-refractivity contribution in [3.8, 4) is 0 Å². The van der Waals surface area contributed by atoms with Crippen LogP contribution in [0.4, 0.5) is 0 Å². The minimum atomic E-state index is -1.09. The summed E-state index contributed by atoms with van der Waals surface area (Å²) in [6.07, 6.45) is 20.0. The van der Waals surface area contributed by atoms with Crippen LogP contribution in [-0.2, 0) is 19.1 Å². The molecule has 0 aromatic carbocycles. The Bertz CT molecular complexity index is 534. The van der Waals surface area contributed by atoms with Gasteiger partial charge in [-0.2, -0.15) is 0 Å². The number of carbonyl (C=O) groups excluding carboxylic acids is 2. The quantitative estimate of drug-likeness (QED) is 0.328. The molecule has 0 bridgehead atoms. The number of ether oxygens (including phenoxy) is 2. The molecule has 3 fully saturated rings. The molecule has 0 spiro atoms. The first-order valence-electron chi connectivity index (χ1n) is 11.4. The Morgan fingerprint density at radius 3 is 1.46 bits per heavy atom. The number of hydrogen-bond acceptors (Lipinski definition) is 4. The van der Waals surface area contributed by atoms with Crippen molar-refractivity contribution in [2.75, 3.05) is 13.2 Å². The summed E-state index contributed by atoms with van der Waals surface area (Å²) in [5.41, 5.74) is 1.69. The van der Waals surface area contributed by atoms with Crippen LogP contribution in [0.25, 0.3) is 0 Å². The summed E-state index contributed by atoms with van der Waals surface area (Å²) in [7, 11) is 0. The lowest BCUT2D eigenvalue weighted by molar-refractivity contribution is -0.173. The van der Waals surface area contributed by atoms with Crippen LogP contribution < -0.4 is 0 Å². The smallest absolute Gasteiger partial charge is 0.323 e. The highest BCUT2D eigenvalue weighted by Gasteiger charge is 2.49. The van der Waals surface area contributed by atoms with Crippen molar-refractivity contribution in [1.29, 1.82) is 0 Å². The molecule has 0 saturated heterocycles. The van der Waals surface area contributed by atoms with Gasteiger partial charge in [-0.3, -0.25) is 9.59 Å². The van der Waals surface area contributed by atoms with Crippen molar-refractivity contribution in [1.82, 2.24) is 0 Å². The Balaban J connectivity index is 1.55. The zero-order valence-electron chi connectivity index (χ0n) is 17.3. The molecule has 28 heavy (non-hydrogen) atoms. The third-order valence-electron chi connectivity index (χ3n) is 6.65. The molecule has 3 rings (SSSR count). The second-order valence-electron chi connectivity index (χ2n) is 8.69. The van der Waals surface area contributed by atoms with Gasteiger partial charge in [-0.1, -0.05) is 43.3 Å². The maximum atomic E-state index is 12.9. The topological polar surface area (TPSA) is 52.6 Å². The Kier molecular flexibility index (Phi) is 8.17. The molecule has 0 amide bonds. The van der Waals surface area contributed by atoms with Crippen LogP contribution in [0.15, 0.2) is 23.3 Å². The molecule has 3 saturated carbocycles. The second-order valence-corrected chi connectivity index (χ2v) is 8.69. The van der Waals surface area contributed by atoms with Gasteiger partial charge in [-0.25, -0.2) is 0 Å². The third kappa shape index (κ3) is 5.71. The average molecular weight is 389 g/mol. The van der Waals surface area contributed by atoms with Gasteiger partial charge >= 0.3 is 11.9 Å². The highest BCUT2D eigenvalue weighted by Crippen LogP contribution is 2.39. The van der Waals surface area contributed by atoms with E-state index in [4.69, 9.17) is 9.47 Å². The van der Waals surface area contributed by atoms with Gasteiger partial charge in [0.15, 0.2) is 5.41 Å². The molecule has 0 heterocycles. The maximum absolute atomic E-state index is 12.9. The highest BCUT2D eigenvalue weighted by atomic mass is 16.6. The van der Waals surface area contributed by atoms with E-state index in [1.54, 1.807) is 0 Å². The molecule has 0 unspecified atom stereocenters. The largest absolute Gasteiger partial charge is 0.461 e.